The van der Waals surface area contributed by atoms with Gasteiger partial charge in [-0.25, -0.2) is 0 Å². The summed E-state index contributed by atoms with van der Waals surface area (Å²) in [5.74, 6) is -1.40. The summed E-state index contributed by atoms with van der Waals surface area (Å²) >= 11 is 5.80. The number of anilines is 2. The first kappa shape index (κ1) is 21.6. The number of amides is 2. The van der Waals surface area contributed by atoms with Crippen molar-refractivity contribution in [3.63, 3.8) is 0 Å². The van der Waals surface area contributed by atoms with E-state index < -0.39 is 18.2 Å². The summed E-state index contributed by atoms with van der Waals surface area (Å²) < 4.78 is 46.2. The lowest BCUT2D eigenvalue weighted by atomic mass is 10.1. The molecule has 2 amide bonds. The number of hydrogen-bond acceptors (Lipinski definition) is 6. The molecule has 1 saturated heterocycles. The van der Waals surface area contributed by atoms with Gasteiger partial charge >= 0.3 is 12.4 Å². The van der Waals surface area contributed by atoms with Gasteiger partial charge in [-0.05, 0) is 48.5 Å². The number of benzene rings is 2. The van der Waals surface area contributed by atoms with Crippen LogP contribution in [0.5, 0.6) is 5.75 Å². The second kappa shape index (κ2) is 8.50. The normalized spacial score (nSPS) is 16.3. The van der Waals surface area contributed by atoms with E-state index in [2.05, 4.69) is 20.3 Å². The lowest BCUT2D eigenvalue weighted by Gasteiger charge is -2.17. The van der Waals surface area contributed by atoms with Gasteiger partial charge in [-0.15, -0.1) is 18.3 Å². The maximum absolute atomic E-state index is 12.4. The van der Waals surface area contributed by atoms with Gasteiger partial charge in [0.25, 0.3) is 5.91 Å². The molecule has 3 aromatic rings. The molecule has 0 radical (unpaired) electrons. The van der Waals surface area contributed by atoms with Crippen molar-refractivity contribution in [2.75, 3.05) is 16.8 Å². The van der Waals surface area contributed by atoms with Crippen molar-refractivity contribution in [3.8, 4) is 5.75 Å². The number of aromatic nitrogens is 2. The molecule has 2 aromatic carbocycles. The summed E-state index contributed by atoms with van der Waals surface area (Å²) in [6.07, 6.45) is -4.73. The number of ether oxygens (including phenoxy) is 1. The smallest absolute Gasteiger partial charge is 0.407 e. The molecular formula is C20H14ClF3N4O4. The Bertz CT molecular complexity index is 1130. The fourth-order valence-electron chi connectivity index (χ4n) is 3.17. The minimum atomic E-state index is -4.80. The molecular weight excluding hydrogens is 453 g/mol. The number of nitrogens with zero attached hydrogens (tertiary/aromatic N) is 3. The zero-order chi connectivity index (χ0) is 22.9. The van der Waals surface area contributed by atoms with Crippen LogP contribution >= 0.6 is 11.6 Å². The van der Waals surface area contributed by atoms with Crippen LogP contribution in [-0.4, -0.2) is 34.9 Å². The molecule has 1 N–H and O–H groups in total. The highest BCUT2D eigenvalue weighted by Gasteiger charge is 2.35. The first-order valence-electron chi connectivity index (χ1n) is 9.24. The second-order valence-corrected chi connectivity index (χ2v) is 7.29. The quantitative estimate of drug-likeness (QED) is 0.598. The maximum Gasteiger partial charge on any atom is 0.573 e. The number of nitrogens with one attached hydrogen (secondary N) is 1. The van der Waals surface area contributed by atoms with E-state index in [4.69, 9.17) is 16.0 Å². The molecule has 0 aliphatic carbocycles. The molecule has 0 spiro atoms. The van der Waals surface area contributed by atoms with E-state index in [1.165, 1.54) is 29.2 Å². The third kappa shape index (κ3) is 4.99. The van der Waals surface area contributed by atoms with Gasteiger partial charge in [0.1, 0.15) is 5.75 Å². The van der Waals surface area contributed by atoms with Crippen LogP contribution in [0.25, 0.3) is 0 Å². The molecule has 0 unspecified atom stereocenters. The van der Waals surface area contributed by atoms with Crippen LogP contribution in [0.2, 0.25) is 5.02 Å². The molecule has 166 valence electrons. The van der Waals surface area contributed by atoms with Crippen LogP contribution in [-0.2, 0) is 4.79 Å². The van der Waals surface area contributed by atoms with Crippen LogP contribution in [0.4, 0.5) is 24.9 Å². The third-order valence-electron chi connectivity index (χ3n) is 4.62. The lowest BCUT2D eigenvalue weighted by Crippen LogP contribution is -2.24. The van der Waals surface area contributed by atoms with Crippen molar-refractivity contribution in [2.24, 2.45) is 0 Å². The van der Waals surface area contributed by atoms with Gasteiger partial charge in [0.15, 0.2) is 0 Å². The van der Waals surface area contributed by atoms with Crippen molar-refractivity contribution in [1.82, 2.24) is 10.2 Å². The SMILES string of the molecule is O=C(Nc1nnc([C@H]2CC(=O)N(c3ccc(OC(F)(F)F)cc3)C2)o1)c1ccc(Cl)cc1. The van der Waals surface area contributed by atoms with Gasteiger partial charge < -0.3 is 14.1 Å². The van der Waals surface area contributed by atoms with Crippen molar-refractivity contribution in [3.05, 3.63) is 65.0 Å². The third-order valence-corrected chi connectivity index (χ3v) is 4.88. The molecule has 1 aliphatic rings. The zero-order valence-electron chi connectivity index (χ0n) is 16.1. The monoisotopic (exact) mass is 466 g/mol. The number of carbonyl (C=O) groups is 2. The van der Waals surface area contributed by atoms with E-state index in [-0.39, 0.29) is 36.5 Å². The fraction of sp³-hybridized carbons (Fsp3) is 0.200. The second-order valence-electron chi connectivity index (χ2n) is 6.85. The highest BCUT2D eigenvalue weighted by molar-refractivity contribution is 6.30. The highest BCUT2D eigenvalue weighted by atomic mass is 35.5. The van der Waals surface area contributed by atoms with Gasteiger partial charge in [0.05, 0.1) is 5.92 Å². The van der Waals surface area contributed by atoms with E-state index in [1.807, 2.05) is 0 Å². The predicted octanol–water partition coefficient (Wildman–Crippen LogP) is 4.39. The molecule has 1 aliphatic heterocycles. The van der Waals surface area contributed by atoms with Crippen molar-refractivity contribution in [1.29, 1.82) is 0 Å². The van der Waals surface area contributed by atoms with Gasteiger partial charge in [-0.1, -0.05) is 16.7 Å². The van der Waals surface area contributed by atoms with Crippen LogP contribution in [0.3, 0.4) is 0 Å². The predicted molar refractivity (Wildman–Crippen MR) is 107 cm³/mol. The zero-order valence-corrected chi connectivity index (χ0v) is 16.9. The van der Waals surface area contributed by atoms with Crippen LogP contribution in [0.15, 0.2) is 52.9 Å². The van der Waals surface area contributed by atoms with E-state index in [1.54, 1.807) is 12.1 Å². The van der Waals surface area contributed by atoms with E-state index in [0.29, 0.717) is 16.3 Å². The summed E-state index contributed by atoms with van der Waals surface area (Å²) in [7, 11) is 0. The molecule has 2 heterocycles. The minimum absolute atomic E-state index is 0.0631. The fourth-order valence-corrected chi connectivity index (χ4v) is 3.30. The average Bonchev–Trinajstić information content (AvgIpc) is 3.34. The van der Waals surface area contributed by atoms with Crippen LogP contribution < -0.4 is 15.0 Å². The van der Waals surface area contributed by atoms with Crippen molar-refractivity contribution in [2.45, 2.75) is 18.7 Å². The number of halogens is 4. The van der Waals surface area contributed by atoms with Crippen LogP contribution in [0, 0.1) is 0 Å². The van der Waals surface area contributed by atoms with E-state index in [9.17, 15) is 22.8 Å². The summed E-state index contributed by atoms with van der Waals surface area (Å²) in [5.41, 5.74) is 0.747. The summed E-state index contributed by atoms with van der Waals surface area (Å²) in [6, 6.07) is 11.0. The first-order valence-corrected chi connectivity index (χ1v) is 9.62. The number of carbonyl (C=O) groups excluding carboxylic acids is 2. The summed E-state index contributed by atoms with van der Waals surface area (Å²) in [4.78, 5) is 26.0. The number of rotatable bonds is 5. The van der Waals surface area contributed by atoms with Gasteiger partial charge in [0, 0.05) is 29.2 Å². The minimum Gasteiger partial charge on any atom is -0.407 e. The topological polar surface area (TPSA) is 97.6 Å². The highest BCUT2D eigenvalue weighted by Crippen LogP contribution is 2.33. The molecule has 12 heteroatoms. The van der Waals surface area contributed by atoms with Gasteiger partial charge in [0.2, 0.25) is 11.8 Å². The Kier molecular flexibility index (Phi) is 5.74. The molecule has 8 nitrogen and oxygen atoms in total. The molecule has 1 atom stereocenters. The Labute approximate surface area is 183 Å². The molecule has 4 rings (SSSR count). The number of hydrogen-bond donors (Lipinski definition) is 1. The Hall–Kier alpha value is -3.60. The van der Waals surface area contributed by atoms with Gasteiger partial charge in [-0.3, -0.25) is 14.9 Å². The van der Waals surface area contributed by atoms with Crippen molar-refractivity contribution < 1.29 is 31.9 Å². The van der Waals surface area contributed by atoms with Gasteiger partial charge in [-0.2, -0.15) is 0 Å². The molecule has 0 bridgehead atoms. The lowest BCUT2D eigenvalue weighted by molar-refractivity contribution is -0.274. The molecule has 1 aromatic heterocycles. The summed E-state index contributed by atoms with van der Waals surface area (Å²) in [6.45, 7) is 0.186. The van der Waals surface area contributed by atoms with E-state index in [0.717, 1.165) is 12.1 Å². The standard InChI is InChI=1S/C20H14ClF3N4O4/c21-13-3-1-11(2-4-13)17(30)25-19-27-26-18(31-19)12-9-16(29)28(10-12)14-5-7-15(8-6-14)32-20(22,23)24/h1-8,12H,9-10H2,(H,25,27,30)/t12-/m0/s1. The van der Waals surface area contributed by atoms with E-state index >= 15 is 0 Å². The Morgan fingerprint density at radius 2 is 1.81 bits per heavy atom. The molecule has 32 heavy (non-hydrogen) atoms. The Morgan fingerprint density at radius 1 is 1.12 bits per heavy atom. The average molecular weight is 467 g/mol. The molecule has 1 fully saturated rings. The maximum atomic E-state index is 12.4. The first-order chi connectivity index (χ1) is 15.2. The number of alkyl halides is 3. The summed E-state index contributed by atoms with van der Waals surface area (Å²) in [5, 5.41) is 10.6. The largest absolute Gasteiger partial charge is 0.573 e. The Balaban J connectivity index is 1.40. The molecule has 0 saturated carbocycles. The van der Waals surface area contributed by atoms with Crippen LogP contribution in [0.1, 0.15) is 28.6 Å². The van der Waals surface area contributed by atoms with Crippen molar-refractivity contribution >= 4 is 35.1 Å². The Morgan fingerprint density at radius 3 is 2.47 bits per heavy atom.